The fourth-order valence-corrected chi connectivity index (χ4v) is 2.53. The molecule has 2 unspecified atom stereocenters. The molecule has 1 fully saturated rings. The van der Waals surface area contributed by atoms with Crippen molar-refractivity contribution in [1.29, 1.82) is 0 Å². The lowest BCUT2D eigenvalue weighted by atomic mass is 10.1. The van der Waals surface area contributed by atoms with E-state index in [1.807, 2.05) is 0 Å². The summed E-state index contributed by atoms with van der Waals surface area (Å²) in [6.45, 7) is 0.978. The van der Waals surface area contributed by atoms with Gasteiger partial charge in [-0.15, -0.1) is 0 Å². The maximum absolute atomic E-state index is 13.1. The Bertz CT molecular complexity index is 423. The quantitative estimate of drug-likeness (QED) is 0.780. The first-order valence-corrected chi connectivity index (χ1v) is 5.54. The third-order valence-corrected chi connectivity index (χ3v) is 3.32. The van der Waals surface area contributed by atoms with Crippen LogP contribution in [-0.2, 0) is 21.7 Å². The molecule has 2 aliphatic rings. The summed E-state index contributed by atoms with van der Waals surface area (Å²) in [5.74, 6) is -0.864. The molecule has 86 valence electrons. The third-order valence-electron chi connectivity index (χ3n) is 3.32. The van der Waals surface area contributed by atoms with Crippen molar-refractivity contribution >= 4 is 0 Å². The molecule has 3 nitrogen and oxygen atoms in total. The summed E-state index contributed by atoms with van der Waals surface area (Å²) in [6, 6.07) is 4.78. The monoisotopic (exact) mass is 223 g/mol. The van der Waals surface area contributed by atoms with Gasteiger partial charge in [-0.25, -0.2) is 4.39 Å². The minimum atomic E-state index is -0.660. The average molecular weight is 223 g/mol. The molecule has 0 bridgehead atoms. The molecule has 1 aliphatic carbocycles. The Morgan fingerprint density at radius 1 is 1.50 bits per heavy atom. The van der Waals surface area contributed by atoms with Crippen LogP contribution >= 0.6 is 0 Å². The fraction of sp³-hybridized carbons (Fsp3) is 0.500. The zero-order valence-electron chi connectivity index (χ0n) is 8.91. The van der Waals surface area contributed by atoms with Gasteiger partial charge in [-0.3, -0.25) is 0 Å². The van der Waals surface area contributed by atoms with Gasteiger partial charge in [0, 0.05) is 18.5 Å². The number of hydrogen-bond donors (Lipinski definition) is 1. The van der Waals surface area contributed by atoms with Crippen LogP contribution in [0, 0.1) is 5.82 Å². The van der Waals surface area contributed by atoms with Gasteiger partial charge in [0.2, 0.25) is 0 Å². The van der Waals surface area contributed by atoms with Gasteiger partial charge in [0.1, 0.15) is 5.82 Å². The predicted octanol–water partition coefficient (Wildman–Crippen LogP) is 1.30. The largest absolute Gasteiger partial charge is 0.343 e. The normalized spacial score (nSPS) is 32.2. The van der Waals surface area contributed by atoms with Crippen LogP contribution in [0.25, 0.3) is 0 Å². The molecule has 0 aromatic heterocycles. The number of halogens is 1. The number of hydrogen-bond acceptors (Lipinski definition) is 3. The number of aryl methyl sites for hydroxylation is 1. The molecule has 1 aromatic rings. The second-order valence-corrected chi connectivity index (χ2v) is 4.34. The molecule has 4 heteroatoms. The number of benzene rings is 1. The van der Waals surface area contributed by atoms with Gasteiger partial charge in [-0.1, -0.05) is 6.07 Å². The van der Waals surface area contributed by atoms with Crippen molar-refractivity contribution in [3.05, 3.63) is 35.1 Å². The first-order chi connectivity index (χ1) is 7.73. The van der Waals surface area contributed by atoms with Crippen LogP contribution in [0.2, 0.25) is 0 Å². The molecule has 3 rings (SSSR count). The van der Waals surface area contributed by atoms with Gasteiger partial charge in [0.05, 0.1) is 12.7 Å². The highest BCUT2D eigenvalue weighted by atomic mass is 19.1. The van der Waals surface area contributed by atoms with Crippen molar-refractivity contribution in [3.8, 4) is 0 Å². The van der Waals surface area contributed by atoms with Gasteiger partial charge < -0.3 is 15.2 Å². The highest BCUT2D eigenvalue weighted by molar-refractivity contribution is 5.36. The summed E-state index contributed by atoms with van der Waals surface area (Å²) >= 11 is 0. The van der Waals surface area contributed by atoms with Gasteiger partial charge in [-0.05, 0) is 24.1 Å². The lowest BCUT2D eigenvalue weighted by Crippen LogP contribution is -2.28. The topological polar surface area (TPSA) is 44.5 Å². The van der Waals surface area contributed by atoms with Crippen LogP contribution in [0.15, 0.2) is 18.2 Å². The van der Waals surface area contributed by atoms with Crippen molar-refractivity contribution < 1.29 is 13.9 Å². The molecule has 2 atom stereocenters. The summed E-state index contributed by atoms with van der Waals surface area (Å²) in [5.41, 5.74) is 7.51. The Kier molecular flexibility index (Phi) is 2.24. The molecule has 1 aromatic carbocycles. The molecular formula is C12H14FNO2. The summed E-state index contributed by atoms with van der Waals surface area (Å²) in [5, 5.41) is 0. The van der Waals surface area contributed by atoms with E-state index in [9.17, 15) is 4.39 Å². The van der Waals surface area contributed by atoms with E-state index < -0.39 is 5.79 Å². The highest BCUT2D eigenvalue weighted by Gasteiger charge is 2.47. The number of nitrogens with two attached hydrogens (primary N) is 1. The SMILES string of the molecule is NCC1COC2(CCc3cc(F)ccc32)O1. The van der Waals surface area contributed by atoms with E-state index in [0.29, 0.717) is 13.2 Å². The number of ether oxygens (including phenoxy) is 2. The lowest BCUT2D eigenvalue weighted by Gasteiger charge is -2.23. The Balaban J connectivity index is 1.97. The molecule has 0 radical (unpaired) electrons. The standard InChI is InChI=1S/C12H14FNO2/c13-9-1-2-11-8(5-9)3-4-12(11)15-7-10(6-14)16-12/h1-2,5,10H,3-4,6-7,14H2. The Hall–Kier alpha value is -0.970. The van der Waals surface area contributed by atoms with Crippen molar-refractivity contribution in [1.82, 2.24) is 0 Å². The number of rotatable bonds is 1. The van der Waals surface area contributed by atoms with Crippen LogP contribution in [0.5, 0.6) is 0 Å². The molecule has 1 heterocycles. The van der Waals surface area contributed by atoms with Gasteiger partial charge >= 0.3 is 0 Å². The molecule has 1 aliphatic heterocycles. The molecule has 1 saturated heterocycles. The van der Waals surface area contributed by atoms with E-state index in [1.54, 1.807) is 12.1 Å². The van der Waals surface area contributed by atoms with E-state index in [1.165, 1.54) is 6.07 Å². The van der Waals surface area contributed by atoms with Crippen molar-refractivity contribution in [3.63, 3.8) is 0 Å². The van der Waals surface area contributed by atoms with Crippen molar-refractivity contribution in [2.45, 2.75) is 24.7 Å². The molecule has 0 amide bonds. The van der Waals surface area contributed by atoms with E-state index in [2.05, 4.69) is 0 Å². The third kappa shape index (κ3) is 1.38. The molecular weight excluding hydrogens is 209 g/mol. The maximum atomic E-state index is 13.1. The lowest BCUT2D eigenvalue weighted by molar-refractivity contribution is -0.173. The first-order valence-electron chi connectivity index (χ1n) is 5.54. The van der Waals surface area contributed by atoms with Crippen LogP contribution in [0.3, 0.4) is 0 Å². The molecule has 16 heavy (non-hydrogen) atoms. The zero-order valence-corrected chi connectivity index (χ0v) is 8.91. The Labute approximate surface area is 93.3 Å². The van der Waals surface area contributed by atoms with Gasteiger partial charge in [0.15, 0.2) is 5.79 Å². The fourth-order valence-electron chi connectivity index (χ4n) is 2.53. The minimum absolute atomic E-state index is 0.0454. The van der Waals surface area contributed by atoms with Crippen molar-refractivity contribution in [2.24, 2.45) is 5.73 Å². The van der Waals surface area contributed by atoms with Gasteiger partial charge in [0.25, 0.3) is 0 Å². The predicted molar refractivity (Wildman–Crippen MR) is 56.3 cm³/mol. The van der Waals surface area contributed by atoms with E-state index in [-0.39, 0.29) is 11.9 Å². The smallest absolute Gasteiger partial charge is 0.195 e. The first kappa shape index (κ1) is 10.2. The van der Waals surface area contributed by atoms with E-state index >= 15 is 0 Å². The van der Waals surface area contributed by atoms with Gasteiger partial charge in [-0.2, -0.15) is 0 Å². The van der Waals surface area contributed by atoms with Crippen LogP contribution < -0.4 is 5.73 Å². The van der Waals surface area contributed by atoms with Crippen LogP contribution in [0.4, 0.5) is 4.39 Å². The van der Waals surface area contributed by atoms with Crippen molar-refractivity contribution in [2.75, 3.05) is 13.2 Å². The average Bonchev–Trinajstić information content (AvgIpc) is 2.85. The molecule has 2 N–H and O–H groups in total. The van der Waals surface area contributed by atoms with Crippen LogP contribution in [0.1, 0.15) is 17.5 Å². The van der Waals surface area contributed by atoms with E-state index in [4.69, 9.17) is 15.2 Å². The highest BCUT2D eigenvalue weighted by Crippen LogP contribution is 2.45. The van der Waals surface area contributed by atoms with E-state index in [0.717, 1.165) is 24.0 Å². The summed E-state index contributed by atoms with van der Waals surface area (Å²) < 4.78 is 24.7. The minimum Gasteiger partial charge on any atom is -0.343 e. The zero-order chi connectivity index (χ0) is 11.2. The molecule has 1 spiro atoms. The number of fused-ring (bicyclic) bond motifs is 2. The summed E-state index contributed by atoms with van der Waals surface area (Å²) in [6.07, 6.45) is 1.50. The second-order valence-electron chi connectivity index (χ2n) is 4.34. The molecule has 0 saturated carbocycles. The summed E-state index contributed by atoms with van der Waals surface area (Å²) in [7, 11) is 0. The van der Waals surface area contributed by atoms with Crippen LogP contribution in [-0.4, -0.2) is 19.3 Å². The second kappa shape index (κ2) is 3.52. The maximum Gasteiger partial charge on any atom is 0.195 e. The Morgan fingerprint density at radius 3 is 3.12 bits per heavy atom. The summed E-state index contributed by atoms with van der Waals surface area (Å²) in [4.78, 5) is 0. The Morgan fingerprint density at radius 2 is 2.38 bits per heavy atom.